The van der Waals surface area contributed by atoms with E-state index in [4.69, 9.17) is 5.11 Å². The number of nitrogens with zero attached hydrogens (tertiary/aromatic N) is 1. The highest BCUT2D eigenvalue weighted by Gasteiger charge is 2.45. The molecule has 0 unspecified atom stereocenters. The second-order valence-electron chi connectivity index (χ2n) is 7.47. The smallest absolute Gasteiger partial charge is 0.303 e. The van der Waals surface area contributed by atoms with Crippen LogP contribution in [0.5, 0.6) is 0 Å². The molecule has 6 heteroatoms. The molecule has 3 rings (SSSR count). The fourth-order valence-electron chi connectivity index (χ4n) is 3.69. The monoisotopic (exact) mass is 407 g/mol. The van der Waals surface area contributed by atoms with Crippen molar-refractivity contribution in [2.75, 3.05) is 6.54 Å². The van der Waals surface area contributed by atoms with Crippen LogP contribution in [-0.2, 0) is 14.4 Å². The van der Waals surface area contributed by atoms with Gasteiger partial charge in [0.25, 0.3) is 11.7 Å². The molecule has 0 aliphatic carbocycles. The largest absolute Gasteiger partial charge is 0.507 e. The van der Waals surface area contributed by atoms with Crippen LogP contribution in [0.4, 0.5) is 0 Å². The highest BCUT2D eigenvalue weighted by atomic mass is 16.4. The van der Waals surface area contributed by atoms with Gasteiger partial charge in [0.15, 0.2) is 0 Å². The summed E-state index contributed by atoms with van der Waals surface area (Å²) in [5.41, 5.74) is 2.37. The topological polar surface area (TPSA) is 94.9 Å². The Bertz CT molecular complexity index is 963. The number of rotatable bonds is 8. The van der Waals surface area contributed by atoms with E-state index in [0.29, 0.717) is 31.4 Å². The number of carbonyl (C=O) groups is 3. The Morgan fingerprint density at radius 2 is 1.60 bits per heavy atom. The molecule has 0 aromatic heterocycles. The molecule has 6 nitrogen and oxygen atoms in total. The number of Topliss-reactive ketones (excluding diaryl/α,β-unsaturated/α-hetero) is 1. The lowest BCUT2D eigenvalue weighted by Crippen LogP contribution is -2.30. The van der Waals surface area contributed by atoms with Gasteiger partial charge in [0.05, 0.1) is 11.6 Å². The fraction of sp³-hybridized carbons (Fsp3) is 0.292. The van der Waals surface area contributed by atoms with Gasteiger partial charge in [0, 0.05) is 18.5 Å². The van der Waals surface area contributed by atoms with Gasteiger partial charge >= 0.3 is 5.97 Å². The molecule has 1 saturated heterocycles. The number of carboxylic acid groups (broad SMARTS) is 1. The van der Waals surface area contributed by atoms with Crippen LogP contribution in [0.1, 0.15) is 48.4 Å². The molecule has 30 heavy (non-hydrogen) atoms. The van der Waals surface area contributed by atoms with Crippen molar-refractivity contribution in [2.45, 2.75) is 38.6 Å². The molecular weight excluding hydrogens is 382 g/mol. The van der Waals surface area contributed by atoms with Crippen molar-refractivity contribution < 1.29 is 24.6 Å². The van der Waals surface area contributed by atoms with Crippen LogP contribution in [0.15, 0.2) is 60.2 Å². The maximum atomic E-state index is 12.9. The summed E-state index contributed by atoms with van der Waals surface area (Å²) in [5, 5.41) is 19.7. The molecule has 1 heterocycles. The highest BCUT2D eigenvalue weighted by molar-refractivity contribution is 6.46. The minimum atomic E-state index is -0.849. The normalized spacial score (nSPS) is 18.0. The fourth-order valence-corrected chi connectivity index (χ4v) is 3.69. The number of aliphatic hydroxyl groups excluding tert-OH is 1. The summed E-state index contributed by atoms with van der Waals surface area (Å²) in [7, 11) is 0. The van der Waals surface area contributed by atoms with Crippen LogP contribution >= 0.6 is 0 Å². The molecular formula is C24H25NO5. The number of hydrogen-bond acceptors (Lipinski definition) is 4. The van der Waals surface area contributed by atoms with E-state index < -0.39 is 23.7 Å². The summed E-state index contributed by atoms with van der Waals surface area (Å²) < 4.78 is 0. The quantitative estimate of drug-likeness (QED) is 0.298. The Hall–Kier alpha value is -3.41. The summed E-state index contributed by atoms with van der Waals surface area (Å²) in [6.45, 7) is 2.27. The molecule has 1 atom stereocenters. The van der Waals surface area contributed by atoms with Gasteiger partial charge in [-0.2, -0.15) is 0 Å². The van der Waals surface area contributed by atoms with Crippen molar-refractivity contribution >= 4 is 23.4 Å². The first-order valence-electron chi connectivity index (χ1n) is 10.0. The van der Waals surface area contributed by atoms with Crippen LogP contribution < -0.4 is 0 Å². The SMILES string of the molecule is Cc1ccc([C@@H]2C(=C(O)c3ccccc3)C(=O)C(=O)N2CCCCCC(=O)O)cc1. The van der Waals surface area contributed by atoms with Gasteiger partial charge in [-0.15, -0.1) is 0 Å². The Kier molecular flexibility index (Phi) is 6.67. The van der Waals surface area contributed by atoms with Crippen molar-refractivity contribution in [1.29, 1.82) is 0 Å². The Morgan fingerprint density at radius 3 is 2.23 bits per heavy atom. The highest BCUT2D eigenvalue weighted by Crippen LogP contribution is 2.39. The van der Waals surface area contributed by atoms with Gasteiger partial charge in [-0.05, 0) is 25.3 Å². The first kappa shape index (κ1) is 21.3. The number of hydrogen-bond donors (Lipinski definition) is 2. The van der Waals surface area contributed by atoms with Gasteiger partial charge in [-0.25, -0.2) is 0 Å². The first-order valence-corrected chi connectivity index (χ1v) is 10.0. The Labute approximate surface area is 175 Å². The van der Waals surface area contributed by atoms with Crippen molar-refractivity contribution in [3.63, 3.8) is 0 Å². The number of aryl methyl sites for hydroxylation is 1. The van der Waals surface area contributed by atoms with Crippen LogP contribution in [0.25, 0.3) is 5.76 Å². The summed E-state index contributed by atoms with van der Waals surface area (Å²) in [6, 6.07) is 15.6. The molecule has 1 amide bonds. The molecule has 156 valence electrons. The average Bonchev–Trinajstić information content (AvgIpc) is 2.99. The van der Waals surface area contributed by atoms with E-state index in [1.54, 1.807) is 24.3 Å². The maximum absolute atomic E-state index is 12.9. The van der Waals surface area contributed by atoms with Gasteiger partial charge in [-0.3, -0.25) is 14.4 Å². The standard InChI is InChI=1S/C24H25NO5/c1-16-11-13-17(14-12-16)21-20(22(28)18-8-4-2-5-9-18)23(29)24(30)25(21)15-7-3-6-10-19(26)27/h2,4-5,8-9,11-14,21,28H,3,6-7,10,15H2,1H3,(H,26,27)/t21-/m1/s1. The van der Waals surface area contributed by atoms with Gasteiger partial charge in [0.2, 0.25) is 0 Å². The predicted octanol–water partition coefficient (Wildman–Crippen LogP) is 4.06. The molecule has 2 aromatic carbocycles. The zero-order chi connectivity index (χ0) is 21.7. The van der Waals surface area contributed by atoms with E-state index in [2.05, 4.69) is 0 Å². The number of carboxylic acids is 1. The molecule has 2 N–H and O–H groups in total. The number of amides is 1. The second-order valence-corrected chi connectivity index (χ2v) is 7.47. The zero-order valence-corrected chi connectivity index (χ0v) is 16.9. The Balaban J connectivity index is 1.95. The third-order valence-corrected chi connectivity index (χ3v) is 5.27. The number of carbonyl (C=O) groups excluding carboxylic acids is 2. The zero-order valence-electron chi connectivity index (χ0n) is 16.9. The van der Waals surface area contributed by atoms with E-state index in [9.17, 15) is 19.5 Å². The lowest BCUT2D eigenvalue weighted by molar-refractivity contribution is -0.140. The summed E-state index contributed by atoms with van der Waals surface area (Å²) in [6.07, 6.45) is 1.80. The van der Waals surface area contributed by atoms with Crippen LogP contribution in [0.3, 0.4) is 0 Å². The van der Waals surface area contributed by atoms with E-state index in [1.807, 2.05) is 37.3 Å². The van der Waals surface area contributed by atoms with Crippen molar-refractivity contribution in [3.05, 3.63) is 76.9 Å². The molecule has 1 aliphatic heterocycles. The average molecular weight is 407 g/mol. The molecule has 1 aliphatic rings. The van der Waals surface area contributed by atoms with Crippen LogP contribution in [0, 0.1) is 6.92 Å². The van der Waals surface area contributed by atoms with Gasteiger partial charge < -0.3 is 15.1 Å². The molecule has 0 spiro atoms. The number of aliphatic hydroxyl groups is 1. The van der Waals surface area contributed by atoms with E-state index in [1.165, 1.54) is 4.90 Å². The van der Waals surface area contributed by atoms with Crippen molar-refractivity contribution in [2.24, 2.45) is 0 Å². The predicted molar refractivity (Wildman–Crippen MR) is 113 cm³/mol. The molecule has 0 bridgehead atoms. The molecule has 0 saturated carbocycles. The molecule has 0 radical (unpaired) electrons. The number of benzene rings is 2. The number of aliphatic carboxylic acids is 1. The minimum absolute atomic E-state index is 0.0776. The number of likely N-dealkylation sites (tertiary alicyclic amines) is 1. The lowest BCUT2D eigenvalue weighted by atomic mass is 9.94. The second kappa shape index (κ2) is 9.39. The van der Waals surface area contributed by atoms with E-state index in [-0.39, 0.29) is 17.8 Å². The van der Waals surface area contributed by atoms with E-state index >= 15 is 0 Å². The summed E-state index contributed by atoms with van der Waals surface area (Å²) in [5.74, 6) is -2.38. The number of ketones is 1. The van der Waals surface area contributed by atoms with Crippen LogP contribution in [-0.4, -0.2) is 39.3 Å². The maximum Gasteiger partial charge on any atom is 0.303 e. The minimum Gasteiger partial charge on any atom is -0.507 e. The first-order chi connectivity index (χ1) is 14.4. The molecule has 1 fully saturated rings. The van der Waals surface area contributed by atoms with E-state index in [0.717, 1.165) is 11.1 Å². The van der Waals surface area contributed by atoms with Gasteiger partial charge in [-0.1, -0.05) is 66.6 Å². The summed E-state index contributed by atoms with van der Waals surface area (Å²) >= 11 is 0. The number of unbranched alkanes of at least 4 members (excludes halogenated alkanes) is 2. The molecule has 2 aromatic rings. The summed E-state index contributed by atoms with van der Waals surface area (Å²) in [4.78, 5) is 37.9. The third-order valence-electron chi connectivity index (χ3n) is 5.27. The van der Waals surface area contributed by atoms with Crippen LogP contribution in [0.2, 0.25) is 0 Å². The Morgan fingerprint density at radius 1 is 0.933 bits per heavy atom. The van der Waals surface area contributed by atoms with Gasteiger partial charge in [0.1, 0.15) is 5.76 Å². The van der Waals surface area contributed by atoms with Crippen molar-refractivity contribution in [3.8, 4) is 0 Å². The third kappa shape index (κ3) is 4.59. The lowest BCUT2D eigenvalue weighted by Gasteiger charge is -2.25. The van der Waals surface area contributed by atoms with Crippen molar-refractivity contribution in [1.82, 2.24) is 4.90 Å².